The normalized spacial score (nSPS) is 17.5. The molecule has 136 valence electrons. The van der Waals surface area contributed by atoms with Crippen LogP contribution >= 0.6 is 0 Å². The first-order valence-corrected chi connectivity index (χ1v) is 8.93. The molecule has 0 saturated heterocycles. The second-order valence-electron chi connectivity index (χ2n) is 6.55. The quantitative estimate of drug-likeness (QED) is 0.693. The number of benzene rings is 1. The van der Waals surface area contributed by atoms with Crippen LogP contribution in [0.4, 0.5) is 0 Å². The van der Waals surface area contributed by atoms with Crippen LogP contribution in [-0.2, 0) is 13.1 Å². The molecule has 3 heterocycles. The first kappa shape index (κ1) is 16.8. The van der Waals surface area contributed by atoms with Gasteiger partial charge in [0.15, 0.2) is 11.5 Å². The fourth-order valence-corrected chi connectivity index (χ4v) is 3.82. The number of methoxy groups -OCH3 is 2. The van der Waals surface area contributed by atoms with E-state index in [-0.39, 0.29) is 6.04 Å². The van der Waals surface area contributed by atoms with Gasteiger partial charge in [0, 0.05) is 25.0 Å². The van der Waals surface area contributed by atoms with Gasteiger partial charge in [0.05, 0.1) is 33.1 Å². The average Bonchev–Trinajstić information content (AvgIpc) is 3.31. The molecule has 1 aliphatic heterocycles. The molecule has 4 rings (SSSR count). The Kier molecular flexibility index (Phi) is 4.71. The van der Waals surface area contributed by atoms with Crippen LogP contribution in [0.1, 0.15) is 29.5 Å². The largest absolute Gasteiger partial charge is 0.493 e. The number of hydrogen-bond acceptors (Lipinski definition) is 4. The van der Waals surface area contributed by atoms with Crippen molar-refractivity contribution in [3.05, 3.63) is 71.9 Å². The van der Waals surface area contributed by atoms with E-state index in [9.17, 15) is 0 Å². The van der Waals surface area contributed by atoms with Gasteiger partial charge in [-0.15, -0.1) is 0 Å². The van der Waals surface area contributed by atoms with Gasteiger partial charge in [-0.3, -0.25) is 4.90 Å². The predicted molar refractivity (Wildman–Crippen MR) is 99.6 cm³/mol. The summed E-state index contributed by atoms with van der Waals surface area (Å²) in [6.07, 6.45) is 5.01. The molecule has 1 aromatic carbocycles. The molecular weight excluding hydrogens is 328 g/mol. The highest BCUT2D eigenvalue weighted by atomic mass is 16.5. The molecule has 0 saturated carbocycles. The fourth-order valence-electron chi connectivity index (χ4n) is 3.82. The van der Waals surface area contributed by atoms with Crippen molar-refractivity contribution in [1.82, 2.24) is 9.47 Å². The summed E-state index contributed by atoms with van der Waals surface area (Å²) >= 11 is 0. The number of nitrogens with zero attached hydrogens (tertiary/aromatic N) is 2. The van der Waals surface area contributed by atoms with E-state index in [2.05, 4.69) is 39.9 Å². The Hall–Kier alpha value is -2.66. The maximum absolute atomic E-state index is 5.62. The monoisotopic (exact) mass is 352 g/mol. The van der Waals surface area contributed by atoms with Crippen molar-refractivity contribution < 1.29 is 13.9 Å². The van der Waals surface area contributed by atoms with Gasteiger partial charge in [-0.05, 0) is 48.4 Å². The highest BCUT2D eigenvalue weighted by Gasteiger charge is 2.28. The molecule has 2 aromatic heterocycles. The minimum atomic E-state index is 0.136. The van der Waals surface area contributed by atoms with Crippen molar-refractivity contribution in [2.24, 2.45) is 0 Å². The summed E-state index contributed by atoms with van der Waals surface area (Å²) in [4.78, 5) is 2.47. The first-order chi connectivity index (χ1) is 12.8. The van der Waals surface area contributed by atoms with Crippen LogP contribution in [0.2, 0.25) is 0 Å². The van der Waals surface area contributed by atoms with Gasteiger partial charge in [0.1, 0.15) is 5.76 Å². The first-order valence-electron chi connectivity index (χ1n) is 8.93. The van der Waals surface area contributed by atoms with Crippen molar-refractivity contribution >= 4 is 0 Å². The Bertz CT molecular complexity index is 854. The lowest BCUT2D eigenvalue weighted by molar-refractivity contribution is 0.202. The minimum absolute atomic E-state index is 0.136. The number of furan rings is 1. The second-order valence-corrected chi connectivity index (χ2v) is 6.55. The number of aryl methyl sites for hydroxylation is 1. The molecule has 26 heavy (non-hydrogen) atoms. The molecule has 0 radical (unpaired) electrons. The Labute approximate surface area is 153 Å². The van der Waals surface area contributed by atoms with E-state index in [4.69, 9.17) is 13.9 Å². The predicted octanol–water partition coefficient (Wildman–Crippen LogP) is 4.09. The Morgan fingerprint density at radius 2 is 1.92 bits per heavy atom. The zero-order valence-electron chi connectivity index (χ0n) is 15.2. The van der Waals surface area contributed by atoms with Gasteiger partial charge >= 0.3 is 0 Å². The Morgan fingerprint density at radius 3 is 2.69 bits per heavy atom. The van der Waals surface area contributed by atoms with Crippen molar-refractivity contribution in [1.29, 1.82) is 0 Å². The third-order valence-electron chi connectivity index (χ3n) is 5.02. The Balaban J connectivity index is 1.77. The Morgan fingerprint density at radius 1 is 1.04 bits per heavy atom. The van der Waals surface area contributed by atoms with Crippen molar-refractivity contribution in [3.8, 4) is 11.5 Å². The van der Waals surface area contributed by atoms with Crippen molar-refractivity contribution in [2.75, 3.05) is 20.8 Å². The minimum Gasteiger partial charge on any atom is -0.493 e. The zero-order valence-corrected chi connectivity index (χ0v) is 15.2. The SMILES string of the molecule is COc1ccc(C2c3cccn3CCCN2Cc2ccco2)cc1OC. The van der Waals surface area contributed by atoms with E-state index in [0.717, 1.165) is 43.3 Å². The molecule has 0 fully saturated rings. The second kappa shape index (κ2) is 7.30. The number of rotatable bonds is 5. The number of hydrogen-bond donors (Lipinski definition) is 0. The van der Waals surface area contributed by atoms with Gasteiger partial charge in [-0.1, -0.05) is 6.07 Å². The van der Waals surface area contributed by atoms with Crippen LogP contribution in [0.3, 0.4) is 0 Å². The van der Waals surface area contributed by atoms with Gasteiger partial charge in [0.25, 0.3) is 0 Å². The van der Waals surface area contributed by atoms with Crippen molar-refractivity contribution in [3.63, 3.8) is 0 Å². The topological polar surface area (TPSA) is 39.8 Å². The van der Waals surface area contributed by atoms with Crippen molar-refractivity contribution in [2.45, 2.75) is 25.6 Å². The average molecular weight is 352 g/mol. The molecule has 3 aromatic rings. The van der Waals surface area contributed by atoms with E-state index in [1.807, 2.05) is 18.2 Å². The summed E-state index contributed by atoms with van der Waals surface area (Å²) in [5.41, 5.74) is 2.48. The van der Waals surface area contributed by atoms with Crippen LogP contribution in [0.5, 0.6) is 11.5 Å². The molecule has 5 nitrogen and oxygen atoms in total. The molecule has 0 aliphatic carbocycles. The van der Waals surface area contributed by atoms with E-state index < -0.39 is 0 Å². The molecule has 0 amide bonds. The maximum atomic E-state index is 5.62. The molecule has 0 spiro atoms. The lowest BCUT2D eigenvalue weighted by Gasteiger charge is -2.30. The fraction of sp³-hybridized carbons (Fsp3) is 0.333. The molecule has 5 heteroatoms. The van der Waals surface area contributed by atoms with Crippen LogP contribution in [0, 0.1) is 0 Å². The number of fused-ring (bicyclic) bond motifs is 1. The summed E-state index contributed by atoms with van der Waals surface area (Å²) in [6.45, 7) is 2.80. The van der Waals surface area contributed by atoms with Crippen LogP contribution in [0.15, 0.2) is 59.3 Å². The van der Waals surface area contributed by atoms with Gasteiger partial charge < -0.3 is 18.5 Å². The number of ether oxygens (including phenoxy) is 2. The van der Waals surface area contributed by atoms with E-state index >= 15 is 0 Å². The third-order valence-corrected chi connectivity index (χ3v) is 5.02. The highest BCUT2D eigenvalue weighted by Crippen LogP contribution is 2.37. The zero-order chi connectivity index (χ0) is 17.9. The smallest absolute Gasteiger partial charge is 0.161 e. The van der Waals surface area contributed by atoms with Crippen LogP contribution in [-0.4, -0.2) is 30.2 Å². The molecule has 1 atom stereocenters. The molecule has 0 bridgehead atoms. The van der Waals surface area contributed by atoms with Gasteiger partial charge in [-0.25, -0.2) is 0 Å². The summed E-state index contributed by atoms with van der Waals surface area (Å²) in [6, 6.07) is 14.7. The van der Waals surface area contributed by atoms with E-state index in [1.165, 1.54) is 11.3 Å². The van der Waals surface area contributed by atoms with Gasteiger partial charge in [-0.2, -0.15) is 0 Å². The lowest BCUT2D eigenvalue weighted by atomic mass is 10.0. The summed E-state index contributed by atoms with van der Waals surface area (Å²) in [5, 5.41) is 0. The van der Waals surface area contributed by atoms with Gasteiger partial charge in [0.2, 0.25) is 0 Å². The molecule has 0 N–H and O–H groups in total. The third kappa shape index (κ3) is 3.10. The molecule has 1 aliphatic rings. The summed E-state index contributed by atoms with van der Waals surface area (Å²) in [5.74, 6) is 2.48. The van der Waals surface area contributed by atoms with Crippen LogP contribution < -0.4 is 9.47 Å². The van der Waals surface area contributed by atoms with E-state index in [0.29, 0.717) is 0 Å². The maximum Gasteiger partial charge on any atom is 0.161 e. The lowest BCUT2D eigenvalue weighted by Crippen LogP contribution is -2.29. The summed E-state index contributed by atoms with van der Waals surface area (Å²) < 4.78 is 18.9. The van der Waals surface area contributed by atoms with E-state index in [1.54, 1.807) is 20.5 Å². The standard InChI is InChI=1S/C21H24N2O3/c1-24-19-9-8-16(14-20(19)25-2)21-18-7-3-10-22(18)11-5-12-23(21)15-17-6-4-13-26-17/h3-4,6-10,13-14,21H,5,11-12,15H2,1-2H3. The molecular formula is C21H24N2O3. The molecule has 1 unspecified atom stereocenters. The summed E-state index contributed by atoms with van der Waals surface area (Å²) in [7, 11) is 3.34. The van der Waals surface area contributed by atoms with Crippen LogP contribution in [0.25, 0.3) is 0 Å². The highest BCUT2D eigenvalue weighted by molar-refractivity contribution is 5.45. The number of aromatic nitrogens is 1.